The van der Waals surface area contributed by atoms with E-state index < -0.39 is 0 Å². The Balaban J connectivity index is 1.60. The maximum absolute atomic E-state index is 13.0. The third kappa shape index (κ3) is 3.95. The topological polar surface area (TPSA) is 74.4 Å². The summed E-state index contributed by atoms with van der Waals surface area (Å²) in [4.78, 5) is 15.0. The van der Waals surface area contributed by atoms with E-state index in [0.29, 0.717) is 32.7 Å². The summed E-state index contributed by atoms with van der Waals surface area (Å²) in [6.45, 7) is 6.18. The molecule has 0 aliphatic carbocycles. The highest BCUT2D eigenvalue weighted by molar-refractivity contribution is 5.77. The summed E-state index contributed by atoms with van der Waals surface area (Å²) in [5.74, 6) is 0.879. The van der Waals surface area contributed by atoms with Crippen molar-refractivity contribution >= 4 is 5.91 Å². The average Bonchev–Trinajstić information content (AvgIpc) is 3.39. The first-order valence-electron chi connectivity index (χ1n) is 10.1. The number of hydrogen-bond donors (Lipinski definition) is 0. The van der Waals surface area contributed by atoms with Gasteiger partial charge in [0, 0.05) is 49.2 Å². The molecule has 1 amide bonds. The first kappa shape index (κ1) is 20.2. The van der Waals surface area contributed by atoms with Gasteiger partial charge in [0.05, 0.1) is 37.7 Å². The van der Waals surface area contributed by atoms with Crippen LogP contribution >= 0.6 is 0 Å². The first-order valence-corrected chi connectivity index (χ1v) is 10.1. The van der Waals surface area contributed by atoms with Crippen molar-refractivity contribution in [2.24, 2.45) is 0 Å². The van der Waals surface area contributed by atoms with Crippen LogP contribution in [0.2, 0.25) is 0 Å². The summed E-state index contributed by atoms with van der Waals surface area (Å²) in [5, 5.41) is 8.95. The van der Waals surface area contributed by atoms with Gasteiger partial charge in [-0.3, -0.25) is 9.48 Å². The zero-order chi connectivity index (χ0) is 21.1. The van der Waals surface area contributed by atoms with Crippen LogP contribution in [-0.4, -0.2) is 57.2 Å². The van der Waals surface area contributed by atoms with Gasteiger partial charge >= 0.3 is 0 Å². The van der Waals surface area contributed by atoms with Crippen molar-refractivity contribution in [1.29, 1.82) is 0 Å². The number of benzene rings is 1. The Morgan fingerprint density at radius 2 is 2.17 bits per heavy atom. The zero-order valence-electron chi connectivity index (χ0n) is 17.6. The summed E-state index contributed by atoms with van der Waals surface area (Å²) in [6.07, 6.45) is 4.00. The first-order chi connectivity index (χ1) is 14.6. The van der Waals surface area contributed by atoms with Gasteiger partial charge in [-0.25, -0.2) is 4.68 Å². The number of carbonyl (C=O) groups excluding carboxylic acids is 1. The number of amides is 1. The van der Waals surface area contributed by atoms with Crippen molar-refractivity contribution in [2.75, 3.05) is 26.9 Å². The highest BCUT2D eigenvalue weighted by Gasteiger charge is 2.32. The van der Waals surface area contributed by atoms with E-state index >= 15 is 0 Å². The molecule has 0 N–H and O–H groups in total. The number of rotatable bonds is 6. The minimum absolute atomic E-state index is 0.103. The van der Waals surface area contributed by atoms with Crippen LogP contribution in [0.5, 0.6) is 5.75 Å². The Morgan fingerprint density at radius 3 is 2.93 bits per heavy atom. The van der Waals surface area contributed by atoms with Gasteiger partial charge in [0.1, 0.15) is 5.75 Å². The minimum Gasteiger partial charge on any atom is -0.497 e. The summed E-state index contributed by atoms with van der Waals surface area (Å²) < 4.78 is 14.8. The number of methoxy groups -OCH3 is 1. The van der Waals surface area contributed by atoms with Gasteiger partial charge in [-0.1, -0.05) is 6.07 Å². The Hall–Kier alpha value is -3.13. The number of ether oxygens (including phenoxy) is 2. The summed E-state index contributed by atoms with van der Waals surface area (Å²) in [7, 11) is 1.65. The molecule has 30 heavy (non-hydrogen) atoms. The van der Waals surface area contributed by atoms with Crippen LogP contribution in [0.1, 0.15) is 29.4 Å². The van der Waals surface area contributed by atoms with E-state index in [1.165, 1.54) is 0 Å². The molecule has 4 rings (SSSR count). The maximum atomic E-state index is 13.0. The average molecular weight is 409 g/mol. The van der Waals surface area contributed by atoms with Gasteiger partial charge in [0.25, 0.3) is 0 Å². The van der Waals surface area contributed by atoms with Crippen LogP contribution in [0.15, 0.2) is 42.7 Å². The van der Waals surface area contributed by atoms with Crippen LogP contribution in [0.4, 0.5) is 0 Å². The lowest BCUT2D eigenvalue weighted by Crippen LogP contribution is -2.44. The van der Waals surface area contributed by atoms with Crippen molar-refractivity contribution in [3.63, 3.8) is 0 Å². The number of carbonyl (C=O) groups is 1. The molecule has 0 saturated carbocycles. The van der Waals surface area contributed by atoms with Crippen LogP contribution in [0.3, 0.4) is 0 Å². The molecule has 1 fully saturated rings. The Morgan fingerprint density at radius 1 is 1.30 bits per heavy atom. The fourth-order valence-electron chi connectivity index (χ4n) is 4.06. The molecule has 0 spiro atoms. The van der Waals surface area contributed by atoms with Gasteiger partial charge in [0.2, 0.25) is 5.91 Å². The third-order valence-corrected chi connectivity index (χ3v) is 5.54. The molecule has 3 aromatic rings. The molecule has 0 bridgehead atoms. The molecule has 3 heterocycles. The second-order valence-electron chi connectivity index (χ2n) is 7.39. The molecular weight excluding hydrogens is 382 g/mol. The largest absolute Gasteiger partial charge is 0.497 e. The normalized spacial score (nSPS) is 16.6. The smallest absolute Gasteiger partial charge is 0.225 e. The fourth-order valence-corrected chi connectivity index (χ4v) is 4.06. The molecule has 158 valence electrons. The molecular formula is C22H27N5O3. The number of aromatic nitrogens is 4. The molecule has 0 unspecified atom stereocenters. The van der Waals surface area contributed by atoms with Crippen molar-refractivity contribution in [2.45, 2.75) is 32.9 Å². The van der Waals surface area contributed by atoms with Gasteiger partial charge in [0.15, 0.2) is 0 Å². The highest BCUT2D eigenvalue weighted by atomic mass is 16.5. The molecule has 1 atom stereocenters. The molecule has 1 aliphatic heterocycles. The second kappa shape index (κ2) is 8.71. The van der Waals surface area contributed by atoms with Crippen molar-refractivity contribution < 1.29 is 14.3 Å². The van der Waals surface area contributed by atoms with Crippen LogP contribution in [0.25, 0.3) is 5.69 Å². The maximum Gasteiger partial charge on any atom is 0.225 e. The zero-order valence-corrected chi connectivity index (χ0v) is 17.6. The lowest BCUT2D eigenvalue weighted by atomic mass is 10.0. The molecule has 1 saturated heterocycles. The summed E-state index contributed by atoms with van der Waals surface area (Å²) >= 11 is 0. The fraction of sp³-hybridized carbons (Fsp3) is 0.409. The van der Waals surface area contributed by atoms with Crippen LogP contribution < -0.4 is 4.74 Å². The standard InChI is InChI=1S/C22H27N5O3/c1-16-22(17(2)27(24-16)18-6-4-7-19(14-18)29-3)20-15-30-13-12-26(20)21(28)8-11-25-10-5-9-23-25/h4-7,9-10,14,20H,8,11-13,15H2,1-3H3/t20-/m1/s1. The predicted octanol–water partition coefficient (Wildman–Crippen LogP) is 2.68. The van der Waals surface area contributed by atoms with Crippen molar-refractivity contribution in [3.8, 4) is 11.4 Å². The number of morpholine rings is 1. The number of hydrogen-bond acceptors (Lipinski definition) is 5. The Labute approximate surface area is 176 Å². The molecule has 8 heteroatoms. The monoisotopic (exact) mass is 409 g/mol. The van der Waals surface area contributed by atoms with E-state index in [0.717, 1.165) is 28.4 Å². The van der Waals surface area contributed by atoms with E-state index in [1.807, 2.05) is 60.0 Å². The lowest BCUT2D eigenvalue weighted by molar-refractivity contribution is -0.140. The summed E-state index contributed by atoms with van der Waals surface area (Å²) in [5.41, 5.74) is 3.87. The SMILES string of the molecule is COc1cccc(-n2nc(C)c([C@H]3COCCN3C(=O)CCn3cccn3)c2C)c1. The van der Waals surface area contributed by atoms with Gasteiger partial charge < -0.3 is 14.4 Å². The molecule has 1 aromatic carbocycles. The van der Waals surface area contributed by atoms with E-state index in [1.54, 1.807) is 18.0 Å². The molecule has 1 aliphatic rings. The van der Waals surface area contributed by atoms with Gasteiger partial charge in [-0.05, 0) is 32.0 Å². The van der Waals surface area contributed by atoms with E-state index in [-0.39, 0.29) is 11.9 Å². The van der Waals surface area contributed by atoms with Crippen molar-refractivity contribution in [1.82, 2.24) is 24.5 Å². The second-order valence-corrected chi connectivity index (χ2v) is 7.39. The van der Waals surface area contributed by atoms with E-state index in [9.17, 15) is 4.79 Å². The van der Waals surface area contributed by atoms with Gasteiger partial charge in [-0.15, -0.1) is 0 Å². The molecule has 0 radical (unpaired) electrons. The Kier molecular flexibility index (Phi) is 5.85. The third-order valence-electron chi connectivity index (χ3n) is 5.54. The van der Waals surface area contributed by atoms with Crippen molar-refractivity contribution in [3.05, 3.63) is 59.7 Å². The van der Waals surface area contributed by atoms with Crippen LogP contribution in [-0.2, 0) is 16.1 Å². The molecule has 8 nitrogen and oxygen atoms in total. The van der Waals surface area contributed by atoms with E-state index in [4.69, 9.17) is 14.6 Å². The quantitative estimate of drug-likeness (QED) is 0.626. The number of nitrogens with zero attached hydrogens (tertiary/aromatic N) is 5. The van der Waals surface area contributed by atoms with Crippen LogP contribution in [0, 0.1) is 13.8 Å². The number of aryl methyl sites for hydroxylation is 2. The minimum atomic E-state index is -0.150. The predicted molar refractivity (Wildman–Crippen MR) is 112 cm³/mol. The lowest BCUT2D eigenvalue weighted by Gasteiger charge is -2.36. The van der Waals surface area contributed by atoms with Gasteiger partial charge in [-0.2, -0.15) is 10.2 Å². The highest BCUT2D eigenvalue weighted by Crippen LogP contribution is 2.31. The Bertz CT molecular complexity index is 1010. The molecule has 2 aromatic heterocycles. The summed E-state index contributed by atoms with van der Waals surface area (Å²) in [6, 6.07) is 9.51. The van der Waals surface area contributed by atoms with E-state index in [2.05, 4.69) is 5.10 Å².